The van der Waals surface area contributed by atoms with E-state index in [1.807, 2.05) is 6.92 Å². The van der Waals surface area contributed by atoms with Gasteiger partial charge in [0.1, 0.15) is 12.1 Å². The smallest absolute Gasteiger partial charge is 0.353 e. The Hall–Kier alpha value is -2.64. The van der Waals surface area contributed by atoms with E-state index in [1.54, 1.807) is 11.8 Å². The van der Waals surface area contributed by atoms with Crippen molar-refractivity contribution in [2.75, 3.05) is 19.6 Å². The molecule has 4 rings (SSSR count). The molecule has 0 aliphatic carbocycles. The zero-order chi connectivity index (χ0) is 25.6. The molecule has 0 aromatic rings. The van der Waals surface area contributed by atoms with E-state index in [9.17, 15) is 29.1 Å². The molecule has 0 unspecified atom stereocenters. The van der Waals surface area contributed by atoms with E-state index in [4.69, 9.17) is 11.5 Å². The van der Waals surface area contributed by atoms with Gasteiger partial charge in [0.05, 0.1) is 18.0 Å². The minimum Gasteiger partial charge on any atom is -0.477 e. The van der Waals surface area contributed by atoms with Crippen molar-refractivity contribution >= 4 is 41.4 Å². The number of primary amides is 1. The summed E-state index contributed by atoms with van der Waals surface area (Å²) in [4.78, 5) is 64.6. The van der Waals surface area contributed by atoms with Gasteiger partial charge in [0, 0.05) is 47.8 Å². The third-order valence-electron chi connectivity index (χ3n) is 7.27. The third kappa shape index (κ3) is 4.76. The van der Waals surface area contributed by atoms with Crippen LogP contribution in [0.2, 0.25) is 0 Å². The molecule has 35 heavy (non-hydrogen) atoms. The fourth-order valence-electron chi connectivity index (χ4n) is 5.62. The molecule has 3 fully saturated rings. The van der Waals surface area contributed by atoms with Crippen LogP contribution in [0.3, 0.4) is 0 Å². The van der Waals surface area contributed by atoms with Gasteiger partial charge < -0.3 is 37.0 Å². The Morgan fingerprint density at radius 3 is 2.63 bits per heavy atom. The molecule has 7 atom stereocenters. The van der Waals surface area contributed by atoms with Crippen LogP contribution in [0, 0.1) is 11.8 Å². The van der Waals surface area contributed by atoms with E-state index >= 15 is 0 Å². The van der Waals surface area contributed by atoms with Gasteiger partial charge in [-0.15, -0.1) is 11.8 Å². The molecule has 0 saturated carbocycles. The third-order valence-corrected chi connectivity index (χ3v) is 8.78. The number of carboxylic acids is 1. The Bertz CT molecular complexity index is 987. The minimum absolute atomic E-state index is 0.00567. The highest BCUT2D eigenvalue weighted by atomic mass is 32.2. The average Bonchev–Trinajstić information content (AvgIpc) is 3.45. The number of likely N-dealkylation sites (tertiary alicyclic amines) is 1. The molecule has 192 valence electrons. The maximum absolute atomic E-state index is 12.9. The quantitative estimate of drug-likeness (QED) is 0.185. The summed E-state index contributed by atoms with van der Waals surface area (Å²) in [6.45, 7) is 5.29. The molecule has 4 aliphatic rings. The van der Waals surface area contributed by atoms with Crippen LogP contribution in [0.15, 0.2) is 10.6 Å². The molecule has 0 bridgehead atoms. The normalized spacial score (nSPS) is 32.9. The number of amides is 4. The first-order valence-corrected chi connectivity index (χ1v) is 12.7. The fourth-order valence-corrected chi connectivity index (χ4v) is 7.10. The highest BCUT2D eigenvalue weighted by molar-refractivity contribution is 8.03. The summed E-state index contributed by atoms with van der Waals surface area (Å²) in [6.07, 6.45) is 0.865. The molecule has 7 N–H and O–H groups in total. The lowest BCUT2D eigenvalue weighted by molar-refractivity contribution is -0.158. The molecule has 12 nitrogen and oxygen atoms in total. The number of hydrogen-bond donors (Lipinski definition) is 5. The van der Waals surface area contributed by atoms with Crippen molar-refractivity contribution in [1.82, 2.24) is 20.4 Å². The summed E-state index contributed by atoms with van der Waals surface area (Å²) in [5.74, 6) is -3.73. The van der Waals surface area contributed by atoms with Crippen LogP contribution in [0.4, 0.5) is 0 Å². The van der Waals surface area contributed by atoms with Crippen molar-refractivity contribution in [3.63, 3.8) is 0 Å². The number of nitrogens with two attached hydrogens (primary N) is 2. The average molecular weight is 509 g/mol. The summed E-state index contributed by atoms with van der Waals surface area (Å²) in [7, 11) is 0. The first kappa shape index (κ1) is 25.5. The van der Waals surface area contributed by atoms with E-state index < -0.39 is 42.2 Å². The Balaban J connectivity index is 1.43. The Morgan fingerprint density at radius 1 is 1.31 bits per heavy atom. The van der Waals surface area contributed by atoms with Crippen LogP contribution >= 0.6 is 11.8 Å². The molecule has 4 heterocycles. The summed E-state index contributed by atoms with van der Waals surface area (Å²) in [6, 6.07) is -1.32. The van der Waals surface area contributed by atoms with E-state index in [0.29, 0.717) is 31.0 Å². The summed E-state index contributed by atoms with van der Waals surface area (Å²) >= 11 is 1.41. The molecule has 4 amide bonds. The van der Waals surface area contributed by atoms with Crippen molar-refractivity contribution in [1.29, 1.82) is 0 Å². The number of carbonyl (C=O) groups is 5. The molecular formula is C22H32N6O6S. The van der Waals surface area contributed by atoms with Crippen molar-refractivity contribution in [2.24, 2.45) is 23.3 Å². The number of hydrogen-bond acceptors (Lipinski definition) is 8. The molecule has 0 aromatic heterocycles. The highest BCUT2D eigenvalue weighted by Gasteiger charge is 2.60. The summed E-state index contributed by atoms with van der Waals surface area (Å²) in [5, 5.41) is 15.8. The van der Waals surface area contributed by atoms with Gasteiger partial charge in [0.2, 0.25) is 23.6 Å². The molecule has 0 aromatic carbocycles. The molecule has 4 aliphatic heterocycles. The minimum atomic E-state index is -1.18. The van der Waals surface area contributed by atoms with Crippen molar-refractivity contribution in [3.8, 4) is 0 Å². The van der Waals surface area contributed by atoms with Crippen LogP contribution in [0.5, 0.6) is 0 Å². The number of aliphatic carboxylic acids is 1. The van der Waals surface area contributed by atoms with E-state index in [2.05, 4.69) is 10.6 Å². The largest absolute Gasteiger partial charge is 0.477 e. The monoisotopic (exact) mass is 508 g/mol. The lowest BCUT2D eigenvalue weighted by Gasteiger charge is -2.47. The summed E-state index contributed by atoms with van der Waals surface area (Å²) in [5.41, 5.74) is 11.0. The fraction of sp³-hybridized carbons (Fsp3) is 0.682. The first-order valence-electron chi connectivity index (χ1n) is 11.8. The lowest BCUT2D eigenvalue weighted by atomic mass is 9.78. The number of β-lactam (4-membered cyclic amide) rings is 1. The van der Waals surface area contributed by atoms with Gasteiger partial charge in [-0.2, -0.15) is 0 Å². The van der Waals surface area contributed by atoms with Crippen molar-refractivity contribution in [2.45, 2.75) is 62.5 Å². The second-order valence-corrected chi connectivity index (χ2v) is 11.1. The number of nitrogens with one attached hydrogen (secondary N) is 2. The van der Waals surface area contributed by atoms with Crippen LogP contribution in [-0.2, 0) is 24.0 Å². The Kier molecular flexibility index (Phi) is 7.11. The molecule has 0 radical (unpaired) electrons. The second-order valence-electron chi connectivity index (χ2n) is 9.80. The van der Waals surface area contributed by atoms with E-state index in [1.165, 1.54) is 16.7 Å². The zero-order valence-corrected chi connectivity index (χ0v) is 20.5. The van der Waals surface area contributed by atoms with Crippen LogP contribution in [0.1, 0.15) is 33.1 Å². The number of carboxylic acid groups (broad SMARTS) is 1. The van der Waals surface area contributed by atoms with Crippen molar-refractivity contribution in [3.05, 3.63) is 10.6 Å². The molecule has 0 spiro atoms. The second kappa shape index (κ2) is 9.78. The highest BCUT2D eigenvalue weighted by Crippen LogP contribution is 2.51. The number of fused-ring (bicyclic) bond motifs is 1. The SMILES string of the molecule is C[C@@H](NC(=O)CC(N)=O)[C@H]1C(=O)N2C(C(=O)O)=C(S[C@@H]3CN[C@H](C(=O)N4CC[C@H](N)C4)C3)[C@H](C)[C@@H]12. The van der Waals surface area contributed by atoms with E-state index in [0.717, 1.165) is 6.42 Å². The Morgan fingerprint density at radius 2 is 2.03 bits per heavy atom. The maximum Gasteiger partial charge on any atom is 0.353 e. The number of carbonyl (C=O) groups excluding carboxylic acids is 4. The van der Waals surface area contributed by atoms with Gasteiger partial charge in [-0.3, -0.25) is 19.2 Å². The predicted molar refractivity (Wildman–Crippen MR) is 126 cm³/mol. The van der Waals surface area contributed by atoms with Gasteiger partial charge in [-0.25, -0.2) is 4.79 Å². The number of rotatable bonds is 8. The van der Waals surface area contributed by atoms with Crippen LogP contribution in [-0.4, -0.2) is 93.6 Å². The van der Waals surface area contributed by atoms with E-state index in [-0.39, 0.29) is 40.8 Å². The predicted octanol–water partition coefficient (Wildman–Crippen LogP) is -1.84. The van der Waals surface area contributed by atoms with Gasteiger partial charge in [0.25, 0.3) is 0 Å². The molecule has 13 heteroatoms. The topological polar surface area (TPSA) is 188 Å². The van der Waals surface area contributed by atoms with Crippen LogP contribution < -0.4 is 22.1 Å². The van der Waals surface area contributed by atoms with Gasteiger partial charge in [-0.1, -0.05) is 6.92 Å². The molecule has 3 saturated heterocycles. The standard InChI is InChI=1S/C22H32N6O6S/c1-9-17-16(10(2)26-15(30)6-14(24)29)21(32)28(17)18(22(33)34)19(9)35-12-5-13(25-7-12)20(31)27-4-3-11(23)8-27/h9-13,16-17,25H,3-8,23H2,1-2H3,(H2,24,29)(H,26,30)(H,33,34)/t9-,10-,11+,12+,13+,16-,17+/m1/s1. The maximum atomic E-state index is 12.9. The zero-order valence-electron chi connectivity index (χ0n) is 19.7. The van der Waals surface area contributed by atoms with Crippen molar-refractivity contribution < 1.29 is 29.1 Å². The Labute approximate surface area is 207 Å². The number of thioether (sulfide) groups is 1. The summed E-state index contributed by atoms with van der Waals surface area (Å²) < 4.78 is 0. The lowest BCUT2D eigenvalue weighted by Crippen LogP contribution is -2.66. The van der Waals surface area contributed by atoms with Gasteiger partial charge in [0.15, 0.2) is 0 Å². The van der Waals surface area contributed by atoms with Gasteiger partial charge >= 0.3 is 5.97 Å². The number of nitrogens with zero attached hydrogens (tertiary/aromatic N) is 2. The van der Waals surface area contributed by atoms with Gasteiger partial charge in [-0.05, 0) is 19.8 Å². The first-order chi connectivity index (χ1) is 16.5. The molecular weight excluding hydrogens is 476 g/mol. The van der Waals surface area contributed by atoms with Crippen LogP contribution in [0.25, 0.3) is 0 Å².